The Labute approximate surface area is 93.5 Å². The quantitative estimate of drug-likeness (QED) is 0.762. The van der Waals surface area contributed by atoms with Crippen LogP contribution < -0.4 is 5.32 Å². The minimum Gasteiger partial charge on any atom is -0.301 e. The first-order valence-electron chi connectivity index (χ1n) is 6.01. The lowest BCUT2D eigenvalue weighted by Crippen LogP contribution is -2.46. The largest absolute Gasteiger partial charge is 0.301 e. The molecule has 0 radical (unpaired) electrons. The van der Waals surface area contributed by atoms with Crippen molar-refractivity contribution in [1.82, 2.24) is 10.2 Å². The summed E-state index contributed by atoms with van der Waals surface area (Å²) < 4.78 is 0. The molecule has 1 aliphatic heterocycles. The van der Waals surface area contributed by atoms with Gasteiger partial charge >= 0.3 is 0 Å². The van der Waals surface area contributed by atoms with Gasteiger partial charge in [-0.2, -0.15) is 5.26 Å². The SMILES string of the molecule is CCNC(C#N)CN1CC(C)CC(C)C1. The lowest BCUT2D eigenvalue weighted by atomic mass is 9.92. The highest BCUT2D eigenvalue weighted by molar-refractivity contribution is 4.92. The van der Waals surface area contributed by atoms with E-state index in [-0.39, 0.29) is 6.04 Å². The second-order valence-electron chi connectivity index (χ2n) is 4.90. The van der Waals surface area contributed by atoms with Gasteiger partial charge in [0, 0.05) is 19.6 Å². The third-order valence-corrected chi connectivity index (χ3v) is 2.99. The standard InChI is InChI=1S/C12H23N3/c1-4-14-12(6-13)9-15-7-10(2)5-11(3)8-15/h10-12,14H,4-5,7-9H2,1-3H3. The number of nitriles is 1. The highest BCUT2D eigenvalue weighted by Crippen LogP contribution is 2.20. The molecule has 86 valence electrons. The van der Waals surface area contributed by atoms with Gasteiger partial charge in [-0.3, -0.25) is 0 Å². The Hall–Kier alpha value is -0.590. The minimum absolute atomic E-state index is 0.00694. The third-order valence-electron chi connectivity index (χ3n) is 2.99. The monoisotopic (exact) mass is 209 g/mol. The highest BCUT2D eigenvalue weighted by Gasteiger charge is 2.23. The van der Waals surface area contributed by atoms with E-state index in [0.717, 1.165) is 38.0 Å². The normalized spacial score (nSPS) is 29.7. The summed E-state index contributed by atoms with van der Waals surface area (Å²) in [4.78, 5) is 2.43. The van der Waals surface area contributed by atoms with E-state index in [1.165, 1.54) is 6.42 Å². The van der Waals surface area contributed by atoms with E-state index in [9.17, 15) is 0 Å². The second-order valence-corrected chi connectivity index (χ2v) is 4.90. The van der Waals surface area contributed by atoms with E-state index in [1.807, 2.05) is 6.92 Å². The number of likely N-dealkylation sites (N-methyl/N-ethyl adjacent to an activating group) is 1. The predicted octanol–water partition coefficient (Wildman–Crippen LogP) is 1.47. The van der Waals surface area contributed by atoms with Gasteiger partial charge in [-0.05, 0) is 24.8 Å². The van der Waals surface area contributed by atoms with Crippen molar-refractivity contribution in [3.05, 3.63) is 0 Å². The van der Waals surface area contributed by atoms with Crippen molar-refractivity contribution in [1.29, 1.82) is 5.26 Å². The summed E-state index contributed by atoms with van der Waals surface area (Å²) in [6.07, 6.45) is 1.33. The molecule has 0 spiro atoms. The van der Waals surface area contributed by atoms with Crippen molar-refractivity contribution in [2.45, 2.75) is 33.2 Å². The first-order chi connectivity index (χ1) is 7.15. The van der Waals surface area contributed by atoms with Gasteiger partial charge in [-0.15, -0.1) is 0 Å². The number of nitrogens with zero attached hydrogens (tertiary/aromatic N) is 2. The van der Waals surface area contributed by atoms with Crippen molar-refractivity contribution in [2.75, 3.05) is 26.2 Å². The van der Waals surface area contributed by atoms with Crippen molar-refractivity contribution < 1.29 is 0 Å². The fourth-order valence-electron chi connectivity index (χ4n) is 2.60. The molecule has 1 N–H and O–H groups in total. The van der Waals surface area contributed by atoms with Gasteiger partial charge in [0.1, 0.15) is 6.04 Å². The van der Waals surface area contributed by atoms with E-state index in [2.05, 4.69) is 30.1 Å². The average molecular weight is 209 g/mol. The molecule has 0 saturated carbocycles. The van der Waals surface area contributed by atoms with E-state index in [0.29, 0.717) is 0 Å². The molecule has 3 unspecified atom stereocenters. The van der Waals surface area contributed by atoms with Crippen LogP contribution in [0.3, 0.4) is 0 Å². The number of hydrogen-bond acceptors (Lipinski definition) is 3. The van der Waals surface area contributed by atoms with Crippen LogP contribution in [0.5, 0.6) is 0 Å². The van der Waals surface area contributed by atoms with Crippen LogP contribution >= 0.6 is 0 Å². The van der Waals surface area contributed by atoms with Gasteiger partial charge in [0.2, 0.25) is 0 Å². The molecule has 0 aromatic heterocycles. The summed E-state index contributed by atoms with van der Waals surface area (Å²) in [6, 6.07) is 2.32. The number of rotatable bonds is 4. The molecule has 3 heteroatoms. The lowest BCUT2D eigenvalue weighted by Gasteiger charge is -2.35. The summed E-state index contributed by atoms with van der Waals surface area (Å²) in [5, 5.41) is 12.2. The van der Waals surface area contributed by atoms with Gasteiger partial charge in [-0.1, -0.05) is 20.8 Å². The molecule has 1 aliphatic rings. The molecular weight excluding hydrogens is 186 g/mol. The minimum atomic E-state index is -0.00694. The number of piperidine rings is 1. The zero-order valence-corrected chi connectivity index (χ0v) is 10.2. The maximum absolute atomic E-state index is 8.98. The van der Waals surface area contributed by atoms with Gasteiger partial charge in [-0.25, -0.2) is 0 Å². The molecule has 0 aromatic rings. The summed E-state index contributed by atoms with van der Waals surface area (Å²) in [5.41, 5.74) is 0. The third kappa shape index (κ3) is 4.19. The van der Waals surface area contributed by atoms with Gasteiger partial charge in [0.25, 0.3) is 0 Å². The summed E-state index contributed by atoms with van der Waals surface area (Å²) in [5.74, 6) is 1.55. The molecule has 1 rings (SSSR count). The van der Waals surface area contributed by atoms with Crippen LogP contribution in [0.15, 0.2) is 0 Å². The molecular formula is C12H23N3. The molecule has 1 saturated heterocycles. The first-order valence-corrected chi connectivity index (χ1v) is 6.01. The van der Waals surface area contributed by atoms with Crippen molar-refractivity contribution in [2.24, 2.45) is 11.8 Å². The zero-order valence-electron chi connectivity index (χ0n) is 10.2. The molecule has 3 nitrogen and oxygen atoms in total. The smallest absolute Gasteiger partial charge is 0.108 e. The van der Waals surface area contributed by atoms with Crippen LogP contribution in [0.2, 0.25) is 0 Å². The number of hydrogen-bond donors (Lipinski definition) is 1. The van der Waals surface area contributed by atoms with Gasteiger partial charge in [0.15, 0.2) is 0 Å². The van der Waals surface area contributed by atoms with Crippen molar-refractivity contribution in [3.8, 4) is 6.07 Å². The Morgan fingerprint density at radius 2 is 2.00 bits per heavy atom. The molecule has 0 aliphatic carbocycles. The first kappa shape index (κ1) is 12.5. The molecule has 0 amide bonds. The van der Waals surface area contributed by atoms with Crippen molar-refractivity contribution >= 4 is 0 Å². The summed E-state index contributed by atoms with van der Waals surface area (Å²) in [7, 11) is 0. The summed E-state index contributed by atoms with van der Waals surface area (Å²) in [6.45, 7) is 10.7. The Balaban J connectivity index is 2.39. The molecule has 15 heavy (non-hydrogen) atoms. The van der Waals surface area contributed by atoms with E-state index < -0.39 is 0 Å². The zero-order chi connectivity index (χ0) is 11.3. The van der Waals surface area contributed by atoms with Crippen LogP contribution in [0.4, 0.5) is 0 Å². The highest BCUT2D eigenvalue weighted by atomic mass is 15.2. The Bertz CT molecular complexity index is 211. The predicted molar refractivity (Wildman–Crippen MR) is 62.5 cm³/mol. The fraction of sp³-hybridized carbons (Fsp3) is 0.917. The maximum Gasteiger partial charge on any atom is 0.108 e. The van der Waals surface area contributed by atoms with Gasteiger partial charge < -0.3 is 10.2 Å². The van der Waals surface area contributed by atoms with E-state index in [4.69, 9.17) is 5.26 Å². The lowest BCUT2D eigenvalue weighted by molar-refractivity contribution is 0.135. The number of nitrogens with one attached hydrogen (secondary N) is 1. The van der Waals surface area contributed by atoms with Crippen LogP contribution in [0.1, 0.15) is 27.2 Å². The van der Waals surface area contributed by atoms with E-state index >= 15 is 0 Å². The van der Waals surface area contributed by atoms with Crippen LogP contribution in [0, 0.1) is 23.2 Å². The van der Waals surface area contributed by atoms with Crippen LogP contribution in [-0.4, -0.2) is 37.1 Å². The summed E-state index contributed by atoms with van der Waals surface area (Å²) >= 11 is 0. The van der Waals surface area contributed by atoms with E-state index in [1.54, 1.807) is 0 Å². The Morgan fingerprint density at radius 1 is 1.40 bits per heavy atom. The molecule has 0 bridgehead atoms. The van der Waals surface area contributed by atoms with Crippen LogP contribution in [-0.2, 0) is 0 Å². The number of likely N-dealkylation sites (tertiary alicyclic amines) is 1. The average Bonchev–Trinajstić information content (AvgIpc) is 2.15. The Morgan fingerprint density at radius 3 is 2.47 bits per heavy atom. The Kier molecular flexibility index (Phi) is 5.07. The van der Waals surface area contributed by atoms with Crippen molar-refractivity contribution in [3.63, 3.8) is 0 Å². The molecule has 1 heterocycles. The van der Waals surface area contributed by atoms with Crippen LogP contribution in [0.25, 0.3) is 0 Å². The van der Waals surface area contributed by atoms with Gasteiger partial charge in [0.05, 0.1) is 6.07 Å². The second kappa shape index (κ2) is 6.09. The molecule has 1 fully saturated rings. The maximum atomic E-state index is 8.98. The molecule has 0 aromatic carbocycles. The molecule has 3 atom stereocenters. The topological polar surface area (TPSA) is 39.1 Å². The fourth-order valence-corrected chi connectivity index (χ4v) is 2.60.